The van der Waals surface area contributed by atoms with Crippen LogP contribution in [-0.2, 0) is 15.9 Å². The third-order valence-corrected chi connectivity index (χ3v) is 3.45. The molecule has 0 atom stereocenters. The number of aryl methyl sites for hydroxylation is 1. The van der Waals surface area contributed by atoms with Crippen LogP contribution in [0.25, 0.3) is 11.1 Å². The predicted molar refractivity (Wildman–Crippen MR) is 87.5 cm³/mol. The Hall–Kier alpha value is -2.56. The van der Waals surface area contributed by atoms with E-state index >= 15 is 0 Å². The molecule has 0 amide bonds. The summed E-state index contributed by atoms with van der Waals surface area (Å²) < 4.78 is 10.3. The average Bonchev–Trinajstić information content (AvgIpc) is 2.96. The van der Waals surface area contributed by atoms with Crippen LogP contribution in [0.4, 0.5) is 0 Å². The fourth-order valence-corrected chi connectivity index (χ4v) is 2.50. The molecule has 0 aliphatic rings. The minimum absolute atomic E-state index is 0.266. The van der Waals surface area contributed by atoms with Crippen molar-refractivity contribution in [3.8, 4) is 11.1 Å². The number of rotatable bonds is 6. The SMILES string of the molecule is CCOC(=O)c1[nH]c(CC)c(C(=O)OCC)c1-c1ccccc1. The maximum absolute atomic E-state index is 12.4. The second-order valence-electron chi connectivity index (χ2n) is 4.89. The second kappa shape index (κ2) is 7.63. The molecule has 23 heavy (non-hydrogen) atoms. The molecule has 0 aliphatic heterocycles. The molecule has 0 saturated carbocycles. The predicted octanol–water partition coefficient (Wildman–Crippen LogP) is 3.60. The summed E-state index contributed by atoms with van der Waals surface area (Å²) in [5.41, 5.74) is 2.68. The number of aromatic nitrogens is 1. The summed E-state index contributed by atoms with van der Waals surface area (Å²) in [6.07, 6.45) is 0.577. The van der Waals surface area contributed by atoms with E-state index in [0.717, 1.165) is 5.56 Å². The van der Waals surface area contributed by atoms with Crippen LogP contribution in [0, 0.1) is 0 Å². The zero-order chi connectivity index (χ0) is 16.8. The molecular formula is C18H21NO4. The third-order valence-electron chi connectivity index (χ3n) is 3.45. The lowest BCUT2D eigenvalue weighted by Gasteiger charge is -2.08. The van der Waals surface area contributed by atoms with Crippen LogP contribution in [0.5, 0.6) is 0 Å². The topological polar surface area (TPSA) is 68.4 Å². The Morgan fingerprint density at radius 3 is 2.13 bits per heavy atom. The van der Waals surface area contributed by atoms with Gasteiger partial charge in [-0.05, 0) is 25.8 Å². The lowest BCUT2D eigenvalue weighted by atomic mass is 9.99. The van der Waals surface area contributed by atoms with E-state index in [1.54, 1.807) is 13.8 Å². The first kappa shape index (κ1) is 16.8. The Morgan fingerprint density at radius 2 is 1.57 bits per heavy atom. The molecule has 1 aromatic carbocycles. The molecule has 0 saturated heterocycles. The molecule has 1 aromatic heterocycles. The van der Waals surface area contributed by atoms with E-state index < -0.39 is 11.9 Å². The van der Waals surface area contributed by atoms with Gasteiger partial charge in [0.1, 0.15) is 5.69 Å². The van der Waals surface area contributed by atoms with Gasteiger partial charge in [-0.1, -0.05) is 37.3 Å². The van der Waals surface area contributed by atoms with Crippen LogP contribution in [0.1, 0.15) is 47.3 Å². The Balaban J connectivity index is 2.68. The molecule has 0 radical (unpaired) electrons. The number of hydrogen-bond acceptors (Lipinski definition) is 4. The Labute approximate surface area is 135 Å². The minimum Gasteiger partial charge on any atom is -0.462 e. The van der Waals surface area contributed by atoms with Gasteiger partial charge in [0, 0.05) is 11.3 Å². The highest BCUT2D eigenvalue weighted by Crippen LogP contribution is 2.32. The maximum Gasteiger partial charge on any atom is 0.355 e. The quantitative estimate of drug-likeness (QED) is 0.827. The molecule has 0 aliphatic carbocycles. The summed E-state index contributed by atoms with van der Waals surface area (Å²) in [4.78, 5) is 27.8. The van der Waals surface area contributed by atoms with Gasteiger partial charge in [-0.3, -0.25) is 0 Å². The first-order valence-corrected chi connectivity index (χ1v) is 7.78. The van der Waals surface area contributed by atoms with Gasteiger partial charge in [0.15, 0.2) is 0 Å². The van der Waals surface area contributed by atoms with E-state index in [0.29, 0.717) is 23.2 Å². The molecule has 1 N–H and O–H groups in total. The molecule has 2 rings (SSSR count). The number of H-pyrrole nitrogens is 1. The van der Waals surface area contributed by atoms with E-state index in [1.807, 2.05) is 37.3 Å². The van der Waals surface area contributed by atoms with Crippen LogP contribution in [0.15, 0.2) is 30.3 Å². The molecule has 0 fully saturated rings. The van der Waals surface area contributed by atoms with Crippen molar-refractivity contribution in [2.75, 3.05) is 13.2 Å². The van der Waals surface area contributed by atoms with E-state index in [2.05, 4.69) is 4.98 Å². The second-order valence-corrected chi connectivity index (χ2v) is 4.89. The van der Waals surface area contributed by atoms with Gasteiger partial charge < -0.3 is 14.5 Å². The van der Waals surface area contributed by atoms with E-state index in [9.17, 15) is 9.59 Å². The van der Waals surface area contributed by atoms with Gasteiger partial charge in [-0.2, -0.15) is 0 Å². The van der Waals surface area contributed by atoms with Crippen LogP contribution in [-0.4, -0.2) is 30.1 Å². The number of aromatic amines is 1. The van der Waals surface area contributed by atoms with E-state index in [-0.39, 0.29) is 18.9 Å². The first-order chi connectivity index (χ1) is 11.1. The van der Waals surface area contributed by atoms with E-state index in [4.69, 9.17) is 9.47 Å². The van der Waals surface area contributed by atoms with Crippen LogP contribution < -0.4 is 0 Å². The van der Waals surface area contributed by atoms with Gasteiger partial charge >= 0.3 is 11.9 Å². The molecule has 0 bridgehead atoms. The van der Waals surface area contributed by atoms with Crippen molar-refractivity contribution in [3.63, 3.8) is 0 Å². The zero-order valence-corrected chi connectivity index (χ0v) is 13.6. The number of carbonyl (C=O) groups is 2. The van der Waals surface area contributed by atoms with Gasteiger partial charge in [-0.15, -0.1) is 0 Å². The number of ether oxygens (including phenoxy) is 2. The van der Waals surface area contributed by atoms with Crippen molar-refractivity contribution in [2.24, 2.45) is 0 Å². The van der Waals surface area contributed by atoms with Crippen LogP contribution in [0.2, 0.25) is 0 Å². The van der Waals surface area contributed by atoms with Crippen molar-refractivity contribution in [2.45, 2.75) is 27.2 Å². The largest absolute Gasteiger partial charge is 0.462 e. The fourth-order valence-electron chi connectivity index (χ4n) is 2.50. The van der Waals surface area contributed by atoms with Crippen molar-refractivity contribution in [3.05, 3.63) is 47.3 Å². The lowest BCUT2D eigenvalue weighted by molar-refractivity contribution is 0.0518. The molecular weight excluding hydrogens is 294 g/mol. The number of nitrogens with one attached hydrogen (secondary N) is 1. The number of esters is 2. The molecule has 0 unspecified atom stereocenters. The Bertz CT molecular complexity index is 689. The fraction of sp³-hybridized carbons (Fsp3) is 0.333. The Morgan fingerprint density at radius 1 is 0.957 bits per heavy atom. The highest BCUT2D eigenvalue weighted by molar-refractivity contribution is 6.06. The van der Waals surface area contributed by atoms with Gasteiger partial charge in [-0.25, -0.2) is 9.59 Å². The molecule has 5 nitrogen and oxygen atoms in total. The monoisotopic (exact) mass is 315 g/mol. The summed E-state index contributed by atoms with van der Waals surface area (Å²) in [7, 11) is 0. The first-order valence-electron chi connectivity index (χ1n) is 7.78. The van der Waals surface area contributed by atoms with Crippen molar-refractivity contribution in [1.29, 1.82) is 0 Å². The molecule has 0 spiro atoms. The van der Waals surface area contributed by atoms with Crippen molar-refractivity contribution in [1.82, 2.24) is 4.98 Å². The minimum atomic E-state index is -0.475. The van der Waals surface area contributed by atoms with Gasteiger partial charge in [0.25, 0.3) is 0 Å². The van der Waals surface area contributed by atoms with Crippen LogP contribution in [0.3, 0.4) is 0 Å². The van der Waals surface area contributed by atoms with Gasteiger partial charge in [0.05, 0.1) is 18.8 Å². The highest BCUT2D eigenvalue weighted by Gasteiger charge is 2.28. The summed E-state index contributed by atoms with van der Waals surface area (Å²) >= 11 is 0. The summed E-state index contributed by atoms with van der Waals surface area (Å²) in [5.74, 6) is -0.911. The summed E-state index contributed by atoms with van der Waals surface area (Å²) in [5, 5.41) is 0. The van der Waals surface area contributed by atoms with Crippen molar-refractivity contribution >= 4 is 11.9 Å². The average molecular weight is 315 g/mol. The van der Waals surface area contributed by atoms with Crippen molar-refractivity contribution < 1.29 is 19.1 Å². The molecule has 1 heterocycles. The Kier molecular flexibility index (Phi) is 5.57. The molecule has 122 valence electrons. The smallest absolute Gasteiger partial charge is 0.355 e. The maximum atomic E-state index is 12.4. The standard InChI is InChI=1S/C18H21NO4/c1-4-13-15(17(20)22-5-2)14(12-10-8-7-9-11-12)16(19-13)18(21)23-6-3/h7-11,19H,4-6H2,1-3H3. The lowest BCUT2D eigenvalue weighted by Crippen LogP contribution is -2.09. The number of carbonyl (C=O) groups excluding carboxylic acids is 2. The van der Waals surface area contributed by atoms with Gasteiger partial charge in [0.2, 0.25) is 0 Å². The highest BCUT2D eigenvalue weighted by atomic mass is 16.5. The third kappa shape index (κ3) is 3.44. The molecule has 5 heteroatoms. The number of hydrogen-bond donors (Lipinski definition) is 1. The summed E-state index contributed by atoms with van der Waals surface area (Å²) in [6, 6.07) is 9.31. The normalized spacial score (nSPS) is 10.4. The van der Waals surface area contributed by atoms with E-state index in [1.165, 1.54) is 0 Å². The summed E-state index contributed by atoms with van der Waals surface area (Å²) in [6.45, 7) is 5.96. The number of benzene rings is 1. The zero-order valence-electron chi connectivity index (χ0n) is 13.6. The molecule has 2 aromatic rings. The van der Waals surface area contributed by atoms with Crippen LogP contribution >= 0.6 is 0 Å².